The highest BCUT2D eigenvalue weighted by atomic mass is 16.5. The molecule has 0 aromatic heterocycles. The first-order valence-corrected chi connectivity index (χ1v) is 8.18. The van der Waals surface area contributed by atoms with Gasteiger partial charge in [0.1, 0.15) is 5.78 Å². The highest BCUT2D eigenvalue weighted by Crippen LogP contribution is 2.34. The van der Waals surface area contributed by atoms with Crippen LogP contribution in [0, 0.1) is 6.92 Å². The van der Waals surface area contributed by atoms with Crippen molar-refractivity contribution in [3.63, 3.8) is 0 Å². The van der Waals surface area contributed by atoms with Gasteiger partial charge < -0.3 is 14.4 Å². The first-order valence-electron chi connectivity index (χ1n) is 8.18. The summed E-state index contributed by atoms with van der Waals surface area (Å²) < 4.78 is 10.7. The van der Waals surface area contributed by atoms with E-state index in [1.54, 1.807) is 14.2 Å². The molecule has 3 rings (SSSR count). The number of rotatable bonds is 4. The number of hydrogen-bond acceptors (Lipinski definition) is 4. The lowest BCUT2D eigenvalue weighted by Crippen LogP contribution is -2.39. The van der Waals surface area contributed by atoms with Gasteiger partial charge in [-0.1, -0.05) is 29.8 Å². The lowest BCUT2D eigenvalue weighted by atomic mass is 9.88. The predicted molar refractivity (Wildman–Crippen MR) is 95.3 cm³/mol. The fraction of sp³-hybridized carbons (Fsp3) is 0.350. The van der Waals surface area contributed by atoms with Gasteiger partial charge in [-0.15, -0.1) is 0 Å². The highest BCUT2D eigenvalue weighted by molar-refractivity contribution is 5.88. The van der Waals surface area contributed by atoms with E-state index in [0.29, 0.717) is 30.2 Å². The van der Waals surface area contributed by atoms with E-state index < -0.39 is 0 Å². The quantitative estimate of drug-likeness (QED) is 0.861. The predicted octanol–water partition coefficient (Wildman–Crippen LogP) is 3.58. The van der Waals surface area contributed by atoms with E-state index in [4.69, 9.17) is 9.47 Å². The van der Waals surface area contributed by atoms with Crippen molar-refractivity contribution in [1.82, 2.24) is 0 Å². The number of methoxy groups -OCH3 is 2. The molecule has 1 aliphatic rings. The Bertz CT molecular complexity index is 741. The van der Waals surface area contributed by atoms with Gasteiger partial charge in [-0.05, 0) is 24.6 Å². The van der Waals surface area contributed by atoms with E-state index in [0.717, 1.165) is 17.8 Å². The van der Waals surface area contributed by atoms with Crippen LogP contribution in [0.15, 0.2) is 42.5 Å². The molecule has 24 heavy (non-hydrogen) atoms. The van der Waals surface area contributed by atoms with E-state index in [-0.39, 0.29) is 5.92 Å². The minimum Gasteiger partial charge on any atom is -0.493 e. The number of ether oxygens (including phenoxy) is 2. The molecule has 0 amide bonds. The summed E-state index contributed by atoms with van der Waals surface area (Å²) in [4.78, 5) is 14.7. The molecule has 1 fully saturated rings. The zero-order valence-corrected chi connectivity index (χ0v) is 14.4. The standard InChI is InChI=1S/C20H23NO3/c1-14-5-4-6-15(11-14)17-13-21(10-9-18(17)22)16-7-8-19(23-2)20(12-16)24-3/h4-8,11-12,17H,9-10,13H2,1-3H3/t17-/m0/s1. The van der Waals surface area contributed by atoms with Gasteiger partial charge >= 0.3 is 0 Å². The van der Waals surface area contributed by atoms with Gasteiger partial charge in [0.15, 0.2) is 11.5 Å². The van der Waals surface area contributed by atoms with E-state index in [9.17, 15) is 4.79 Å². The Kier molecular flexibility index (Phi) is 4.74. The molecule has 0 N–H and O–H groups in total. The largest absolute Gasteiger partial charge is 0.493 e. The van der Waals surface area contributed by atoms with E-state index in [2.05, 4.69) is 24.0 Å². The molecule has 2 aromatic rings. The molecule has 1 heterocycles. The van der Waals surface area contributed by atoms with Crippen LogP contribution < -0.4 is 14.4 Å². The van der Waals surface area contributed by atoms with Crippen LogP contribution in [-0.4, -0.2) is 33.1 Å². The molecule has 0 saturated carbocycles. The van der Waals surface area contributed by atoms with Crippen molar-refractivity contribution >= 4 is 11.5 Å². The molecule has 1 aliphatic heterocycles. The van der Waals surface area contributed by atoms with Crippen molar-refractivity contribution in [2.45, 2.75) is 19.3 Å². The average molecular weight is 325 g/mol. The van der Waals surface area contributed by atoms with Crippen molar-refractivity contribution < 1.29 is 14.3 Å². The topological polar surface area (TPSA) is 38.8 Å². The van der Waals surface area contributed by atoms with Crippen LogP contribution in [0.4, 0.5) is 5.69 Å². The Balaban J connectivity index is 1.86. The molecule has 0 bridgehead atoms. The van der Waals surface area contributed by atoms with E-state index in [1.165, 1.54) is 5.56 Å². The average Bonchev–Trinajstić information content (AvgIpc) is 2.61. The van der Waals surface area contributed by atoms with Gasteiger partial charge in [0, 0.05) is 31.3 Å². The Hall–Kier alpha value is -2.49. The van der Waals surface area contributed by atoms with Gasteiger partial charge in [0.25, 0.3) is 0 Å². The monoisotopic (exact) mass is 325 g/mol. The number of carbonyl (C=O) groups is 1. The Labute approximate surface area is 143 Å². The van der Waals surface area contributed by atoms with Crippen molar-refractivity contribution in [3.8, 4) is 11.5 Å². The normalized spacial score (nSPS) is 17.7. The highest BCUT2D eigenvalue weighted by Gasteiger charge is 2.29. The molecular formula is C20H23NO3. The maximum atomic E-state index is 12.4. The molecule has 1 atom stereocenters. The van der Waals surface area contributed by atoms with Gasteiger partial charge in [-0.2, -0.15) is 0 Å². The number of anilines is 1. The molecule has 1 saturated heterocycles. The van der Waals surface area contributed by atoms with Gasteiger partial charge in [-0.3, -0.25) is 4.79 Å². The van der Waals surface area contributed by atoms with Gasteiger partial charge in [0.05, 0.1) is 20.1 Å². The Morgan fingerprint density at radius 1 is 1.04 bits per heavy atom. The third kappa shape index (κ3) is 3.23. The second-order valence-corrected chi connectivity index (χ2v) is 6.17. The zero-order chi connectivity index (χ0) is 17.1. The lowest BCUT2D eigenvalue weighted by molar-refractivity contribution is -0.120. The second kappa shape index (κ2) is 6.95. The van der Waals surface area contributed by atoms with Gasteiger partial charge in [-0.25, -0.2) is 0 Å². The van der Waals surface area contributed by atoms with E-state index >= 15 is 0 Å². The van der Waals surface area contributed by atoms with Crippen LogP contribution in [0.1, 0.15) is 23.5 Å². The van der Waals surface area contributed by atoms with Crippen molar-refractivity contribution in [3.05, 3.63) is 53.6 Å². The zero-order valence-electron chi connectivity index (χ0n) is 14.4. The van der Waals surface area contributed by atoms with Crippen LogP contribution >= 0.6 is 0 Å². The summed E-state index contributed by atoms with van der Waals surface area (Å²) in [6, 6.07) is 14.1. The third-order valence-corrected chi connectivity index (χ3v) is 4.60. The summed E-state index contributed by atoms with van der Waals surface area (Å²) in [6.07, 6.45) is 0.562. The Morgan fingerprint density at radius 2 is 1.83 bits per heavy atom. The molecule has 0 radical (unpaired) electrons. The fourth-order valence-electron chi connectivity index (χ4n) is 3.27. The molecule has 0 unspecified atom stereocenters. The van der Waals surface area contributed by atoms with Crippen molar-refractivity contribution in [2.75, 3.05) is 32.2 Å². The second-order valence-electron chi connectivity index (χ2n) is 6.17. The maximum Gasteiger partial charge on any atom is 0.162 e. The fourth-order valence-corrected chi connectivity index (χ4v) is 3.27. The minimum atomic E-state index is -0.0771. The van der Waals surface area contributed by atoms with Crippen molar-refractivity contribution in [1.29, 1.82) is 0 Å². The number of benzene rings is 2. The molecule has 126 valence electrons. The molecule has 4 heteroatoms. The minimum absolute atomic E-state index is 0.0771. The number of Topliss-reactive ketones (excluding diaryl/α,β-unsaturated/α-hetero) is 1. The summed E-state index contributed by atoms with van der Waals surface area (Å²) in [5, 5.41) is 0. The van der Waals surface area contributed by atoms with Crippen LogP contribution in [0.2, 0.25) is 0 Å². The number of ketones is 1. The molecular weight excluding hydrogens is 302 g/mol. The molecule has 0 aliphatic carbocycles. The first kappa shape index (κ1) is 16.4. The third-order valence-electron chi connectivity index (χ3n) is 4.60. The van der Waals surface area contributed by atoms with Crippen LogP contribution in [0.25, 0.3) is 0 Å². The molecule has 4 nitrogen and oxygen atoms in total. The number of hydrogen-bond donors (Lipinski definition) is 0. The number of piperidine rings is 1. The van der Waals surface area contributed by atoms with Crippen LogP contribution in [0.3, 0.4) is 0 Å². The lowest BCUT2D eigenvalue weighted by Gasteiger charge is -2.34. The Morgan fingerprint density at radius 3 is 2.54 bits per heavy atom. The van der Waals surface area contributed by atoms with Gasteiger partial charge in [0.2, 0.25) is 0 Å². The summed E-state index contributed by atoms with van der Waals surface area (Å²) in [6.45, 7) is 3.48. The maximum absolute atomic E-state index is 12.4. The number of aryl methyl sites for hydroxylation is 1. The number of carbonyl (C=O) groups excluding carboxylic acids is 1. The molecule has 0 spiro atoms. The first-order chi connectivity index (χ1) is 11.6. The summed E-state index contributed by atoms with van der Waals surface area (Å²) in [5.74, 6) is 1.66. The number of nitrogens with zero attached hydrogens (tertiary/aromatic N) is 1. The SMILES string of the molecule is COc1ccc(N2CCC(=O)[C@H](c3cccc(C)c3)C2)cc1OC. The summed E-state index contributed by atoms with van der Waals surface area (Å²) in [7, 11) is 3.27. The smallest absolute Gasteiger partial charge is 0.162 e. The van der Waals surface area contributed by atoms with E-state index in [1.807, 2.05) is 30.3 Å². The summed E-state index contributed by atoms with van der Waals surface area (Å²) in [5.41, 5.74) is 3.34. The van der Waals surface area contributed by atoms with Crippen molar-refractivity contribution in [2.24, 2.45) is 0 Å². The molecule has 2 aromatic carbocycles. The van der Waals surface area contributed by atoms with Crippen LogP contribution in [-0.2, 0) is 4.79 Å². The summed E-state index contributed by atoms with van der Waals surface area (Å²) >= 11 is 0. The van der Waals surface area contributed by atoms with Crippen LogP contribution in [0.5, 0.6) is 11.5 Å².